The molecular formula is C24H26N2O4. The highest BCUT2D eigenvalue weighted by Gasteiger charge is 2.25. The minimum absolute atomic E-state index is 0.244. The van der Waals surface area contributed by atoms with Gasteiger partial charge >= 0.3 is 0 Å². The third kappa shape index (κ3) is 3.28. The van der Waals surface area contributed by atoms with E-state index in [4.69, 9.17) is 19.9 Å². The number of methoxy groups -OCH3 is 1. The van der Waals surface area contributed by atoms with Crippen molar-refractivity contribution in [3.05, 3.63) is 64.5 Å². The van der Waals surface area contributed by atoms with E-state index < -0.39 is 5.91 Å². The SMILES string of the molecule is CCc1c(-c2ccc(OC)c(C)c2)c(C(N)=O)c(C)n1Cc1ccc2c(c1)OCO2. The van der Waals surface area contributed by atoms with E-state index in [9.17, 15) is 4.79 Å². The number of hydrogen-bond donors (Lipinski definition) is 1. The highest BCUT2D eigenvalue weighted by atomic mass is 16.7. The number of nitrogens with zero attached hydrogens (tertiary/aromatic N) is 1. The van der Waals surface area contributed by atoms with Crippen molar-refractivity contribution in [2.75, 3.05) is 13.9 Å². The summed E-state index contributed by atoms with van der Waals surface area (Å²) in [6.45, 7) is 6.89. The van der Waals surface area contributed by atoms with E-state index in [-0.39, 0.29) is 6.79 Å². The van der Waals surface area contributed by atoms with E-state index in [1.165, 1.54) is 0 Å². The molecule has 2 aromatic carbocycles. The van der Waals surface area contributed by atoms with Gasteiger partial charge in [0.2, 0.25) is 6.79 Å². The maximum Gasteiger partial charge on any atom is 0.251 e. The molecular weight excluding hydrogens is 380 g/mol. The fraction of sp³-hybridized carbons (Fsp3) is 0.292. The van der Waals surface area contributed by atoms with E-state index in [1.807, 2.05) is 50.2 Å². The van der Waals surface area contributed by atoms with Gasteiger partial charge in [-0.25, -0.2) is 0 Å². The maximum absolute atomic E-state index is 12.5. The lowest BCUT2D eigenvalue weighted by atomic mass is 9.97. The molecule has 4 rings (SSSR count). The third-order valence-electron chi connectivity index (χ3n) is 5.67. The Labute approximate surface area is 176 Å². The third-order valence-corrected chi connectivity index (χ3v) is 5.67. The van der Waals surface area contributed by atoms with Crippen LogP contribution in [0.25, 0.3) is 11.1 Å². The first-order valence-corrected chi connectivity index (χ1v) is 9.99. The number of hydrogen-bond acceptors (Lipinski definition) is 4. The van der Waals surface area contributed by atoms with Crippen LogP contribution in [0.5, 0.6) is 17.2 Å². The van der Waals surface area contributed by atoms with Crippen molar-refractivity contribution in [3.8, 4) is 28.4 Å². The molecule has 2 heterocycles. The van der Waals surface area contributed by atoms with Gasteiger partial charge in [0.15, 0.2) is 11.5 Å². The molecule has 1 amide bonds. The Morgan fingerprint density at radius 2 is 1.90 bits per heavy atom. The summed E-state index contributed by atoms with van der Waals surface area (Å²) in [4.78, 5) is 12.5. The van der Waals surface area contributed by atoms with Gasteiger partial charge in [-0.05, 0) is 61.2 Å². The quantitative estimate of drug-likeness (QED) is 0.665. The number of amides is 1. The molecule has 1 aromatic heterocycles. The molecule has 0 unspecified atom stereocenters. The van der Waals surface area contributed by atoms with Crippen molar-refractivity contribution < 1.29 is 19.0 Å². The van der Waals surface area contributed by atoms with Crippen molar-refractivity contribution in [2.45, 2.75) is 33.7 Å². The van der Waals surface area contributed by atoms with Crippen LogP contribution in [0.1, 0.15) is 39.8 Å². The Hall–Kier alpha value is -3.41. The molecule has 1 aliphatic rings. The summed E-state index contributed by atoms with van der Waals surface area (Å²) >= 11 is 0. The fourth-order valence-corrected chi connectivity index (χ4v) is 4.25. The normalized spacial score (nSPS) is 12.3. The van der Waals surface area contributed by atoms with Crippen LogP contribution in [0.15, 0.2) is 36.4 Å². The number of aryl methyl sites for hydroxylation is 1. The van der Waals surface area contributed by atoms with Crippen LogP contribution in [0.3, 0.4) is 0 Å². The molecule has 0 spiro atoms. The van der Waals surface area contributed by atoms with E-state index in [0.29, 0.717) is 12.1 Å². The predicted octanol–water partition coefficient (Wildman–Crippen LogP) is 4.22. The van der Waals surface area contributed by atoms with Crippen molar-refractivity contribution in [1.82, 2.24) is 4.57 Å². The Morgan fingerprint density at radius 3 is 2.57 bits per heavy atom. The van der Waals surface area contributed by atoms with Crippen molar-refractivity contribution >= 4 is 5.91 Å². The Balaban J connectivity index is 1.85. The molecule has 2 N–H and O–H groups in total. The topological polar surface area (TPSA) is 75.7 Å². The smallest absolute Gasteiger partial charge is 0.251 e. The fourth-order valence-electron chi connectivity index (χ4n) is 4.25. The predicted molar refractivity (Wildman–Crippen MR) is 115 cm³/mol. The van der Waals surface area contributed by atoms with Crippen LogP contribution in [-0.2, 0) is 13.0 Å². The van der Waals surface area contributed by atoms with Crippen molar-refractivity contribution in [2.24, 2.45) is 5.73 Å². The maximum atomic E-state index is 12.5. The molecule has 1 aliphatic heterocycles. The molecule has 156 valence electrons. The number of fused-ring (bicyclic) bond motifs is 1. The summed E-state index contributed by atoms with van der Waals surface area (Å²) in [5, 5.41) is 0. The number of aromatic nitrogens is 1. The Bertz CT molecular complexity index is 1130. The summed E-state index contributed by atoms with van der Waals surface area (Å²) in [6.07, 6.45) is 0.763. The first-order valence-electron chi connectivity index (χ1n) is 9.99. The van der Waals surface area contributed by atoms with Gasteiger partial charge in [0, 0.05) is 23.5 Å². The summed E-state index contributed by atoms with van der Waals surface area (Å²) < 4.78 is 18.5. The lowest BCUT2D eigenvalue weighted by molar-refractivity contribution is 0.1000. The number of primary amides is 1. The largest absolute Gasteiger partial charge is 0.496 e. The molecule has 0 saturated heterocycles. The molecule has 0 fully saturated rings. The lowest BCUT2D eigenvalue weighted by Gasteiger charge is -2.13. The lowest BCUT2D eigenvalue weighted by Crippen LogP contribution is -2.13. The molecule has 6 heteroatoms. The van der Waals surface area contributed by atoms with Gasteiger partial charge < -0.3 is 24.5 Å². The second-order valence-corrected chi connectivity index (χ2v) is 7.46. The second-order valence-electron chi connectivity index (χ2n) is 7.46. The van der Waals surface area contributed by atoms with Crippen LogP contribution in [-0.4, -0.2) is 24.4 Å². The van der Waals surface area contributed by atoms with Crippen molar-refractivity contribution in [3.63, 3.8) is 0 Å². The number of carbonyl (C=O) groups excluding carboxylic acids is 1. The highest BCUT2D eigenvalue weighted by molar-refractivity contribution is 6.02. The standard InChI is InChI=1S/C24H26N2O4/c1-5-18-23(17-7-9-19(28-4)14(2)10-17)22(24(25)27)15(3)26(18)12-16-6-8-20-21(11-16)30-13-29-20/h6-11H,5,12-13H2,1-4H3,(H2,25,27). The van der Waals surface area contributed by atoms with Crippen LogP contribution < -0.4 is 19.9 Å². The molecule has 0 atom stereocenters. The van der Waals surface area contributed by atoms with Crippen LogP contribution in [0, 0.1) is 13.8 Å². The zero-order chi connectivity index (χ0) is 21.4. The van der Waals surface area contributed by atoms with Gasteiger partial charge in [0.25, 0.3) is 5.91 Å². The van der Waals surface area contributed by atoms with Crippen molar-refractivity contribution in [1.29, 1.82) is 0 Å². The molecule has 0 radical (unpaired) electrons. The summed E-state index contributed by atoms with van der Waals surface area (Å²) in [7, 11) is 1.65. The number of nitrogens with two attached hydrogens (primary N) is 1. The van der Waals surface area contributed by atoms with E-state index in [0.717, 1.165) is 57.3 Å². The van der Waals surface area contributed by atoms with Crippen LogP contribution in [0.4, 0.5) is 0 Å². The van der Waals surface area contributed by atoms with E-state index >= 15 is 0 Å². The molecule has 0 bridgehead atoms. The average Bonchev–Trinajstić information content (AvgIpc) is 3.30. The zero-order valence-electron chi connectivity index (χ0n) is 17.7. The molecule has 6 nitrogen and oxygen atoms in total. The van der Waals surface area contributed by atoms with Gasteiger partial charge in [-0.3, -0.25) is 4.79 Å². The molecule has 30 heavy (non-hydrogen) atoms. The van der Waals surface area contributed by atoms with Crippen LogP contribution in [0.2, 0.25) is 0 Å². The number of benzene rings is 2. The van der Waals surface area contributed by atoms with Gasteiger partial charge in [0.05, 0.1) is 12.7 Å². The zero-order valence-corrected chi connectivity index (χ0v) is 17.7. The summed E-state index contributed by atoms with van der Waals surface area (Å²) in [5.74, 6) is 1.89. The minimum atomic E-state index is -0.421. The summed E-state index contributed by atoms with van der Waals surface area (Å²) in [6, 6.07) is 11.9. The molecule has 3 aromatic rings. The van der Waals surface area contributed by atoms with Crippen LogP contribution >= 0.6 is 0 Å². The number of carbonyl (C=O) groups is 1. The van der Waals surface area contributed by atoms with Gasteiger partial charge in [-0.15, -0.1) is 0 Å². The van der Waals surface area contributed by atoms with E-state index in [2.05, 4.69) is 11.5 Å². The summed E-state index contributed by atoms with van der Waals surface area (Å²) in [5.41, 5.74) is 12.3. The Kier molecular flexibility index (Phi) is 5.16. The number of ether oxygens (including phenoxy) is 3. The molecule has 0 aliphatic carbocycles. The monoisotopic (exact) mass is 406 g/mol. The average molecular weight is 406 g/mol. The molecule has 0 saturated carbocycles. The Morgan fingerprint density at radius 1 is 1.13 bits per heavy atom. The second kappa shape index (κ2) is 7.78. The minimum Gasteiger partial charge on any atom is -0.496 e. The van der Waals surface area contributed by atoms with Gasteiger partial charge in [-0.2, -0.15) is 0 Å². The highest BCUT2D eigenvalue weighted by Crippen LogP contribution is 2.37. The first kappa shape index (κ1) is 19.9. The van der Waals surface area contributed by atoms with Gasteiger partial charge in [0.1, 0.15) is 5.75 Å². The first-order chi connectivity index (χ1) is 14.4. The van der Waals surface area contributed by atoms with Gasteiger partial charge in [-0.1, -0.05) is 19.1 Å². The van der Waals surface area contributed by atoms with E-state index in [1.54, 1.807) is 7.11 Å². The number of rotatable bonds is 6.